The molecule has 5 aliphatic carbocycles. The van der Waals surface area contributed by atoms with Crippen LogP contribution in [0.25, 0.3) is 0 Å². The van der Waals surface area contributed by atoms with Crippen molar-refractivity contribution in [1.29, 1.82) is 0 Å². The van der Waals surface area contributed by atoms with Gasteiger partial charge in [0.15, 0.2) is 0 Å². The van der Waals surface area contributed by atoms with E-state index in [0.717, 1.165) is 30.7 Å². The Labute approximate surface area is 127 Å². The molecule has 0 aromatic carbocycles. The van der Waals surface area contributed by atoms with Crippen LogP contribution in [-0.4, -0.2) is 24.2 Å². The predicted molar refractivity (Wildman–Crippen MR) is 82.8 cm³/mol. The molecule has 0 heterocycles. The highest BCUT2D eigenvalue weighted by Crippen LogP contribution is 2.55. The van der Waals surface area contributed by atoms with Gasteiger partial charge < -0.3 is 16.4 Å². The van der Waals surface area contributed by atoms with Crippen LogP contribution in [0, 0.1) is 23.7 Å². The number of nitrogens with one attached hydrogen (secondary N) is 2. The van der Waals surface area contributed by atoms with Crippen molar-refractivity contribution in [2.75, 3.05) is 6.54 Å². The number of urea groups is 1. The first-order chi connectivity index (χ1) is 10.1. The van der Waals surface area contributed by atoms with Crippen molar-refractivity contribution in [2.24, 2.45) is 29.4 Å². The topological polar surface area (TPSA) is 67.1 Å². The maximum absolute atomic E-state index is 12.3. The Morgan fingerprint density at radius 3 is 2.19 bits per heavy atom. The SMILES string of the molecule is NC1CCCC1CNC(=O)NC12CC3CC(CC(C3)C1)C2. The summed E-state index contributed by atoms with van der Waals surface area (Å²) in [6.07, 6.45) is 11.4. The monoisotopic (exact) mass is 291 g/mol. The minimum Gasteiger partial charge on any atom is -0.338 e. The highest BCUT2D eigenvalue weighted by Gasteiger charge is 2.51. The number of carbonyl (C=O) groups excluding carboxylic acids is 1. The minimum absolute atomic E-state index is 0.0519. The van der Waals surface area contributed by atoms with Gasteiger partial charge in [0.25, 0.3) is 0 Å². The van der Waals surface area contributed by atoms with E-state index in [4.69, 9.17) is 5.73 Å². The third-order valence-corrected chi connectivity index (χ3v) is 6.66. The fraction of sp³-hybridized carbons (Fsp3) is 0.941. The van der Waals surface area contributed by atoms with Gasteiger partial charge >= 0.3 is 6.03 Å². The van der Waals surface area contributed by atoms with Crippen molar-refractivity contribution in [3.8, 4) is 0 Å². The highest BCUT2D eigenvalue weighted by atomic mass is 16.2. The van der Waals surface area contributed by atoms with Gasteiger partial charge in [-0.3, -0.25) is 0 Å². The molecule has 4 bridgehead atoms. The lowest BCUT2D eigenvalue weighted by atomic mass is 9.53. The van der Waals surface area contributed by atoms with Crippen molar-refractivity contribution >= 4 is 6.03 Å². The molecule has 118 valence electrons. The van der Waals surface area contributed by atoms with E-state index in [2.05, 4.69) is 10.6 Å². The van der Waals surface area contributed by atoms with Gasteiger partial charge in [0.2, 0.25) is 0 Å². The van der Waals surface area contributed by atoms with Crippen molar-refractivity contribution in [1.82, 2.24) is 10.6 Å². The Morgan fingerprint density at radius 2 is 1.67 bits per heavy atom. The molecule has 0 aromatic heterocycles. The molecule has 0 radical (unpaired) electrons. The molecule has 2 atom stereocenters. The molecule has 0 saturated heterocycles. The molecule has 4 N–H and O–H groups in total. The van der Waals surface area contributed by atoms with Gasteiger partial charge in [-0.15, -0.1) is 0 Å². The molecule has 5 fully saturated rings. The van der Waals surface area contributed by atoms with Crippen LogP contribution in [0.3, 0.4) is 0 Å². The van der Waals surface area contributed by atoms with Crippen molar-refractivity contribution in [3.05, 3.63) is 0 Å². The number of hydrogen-bond donors (Lipinski definition) is 3. The second-order valence-electron chi connectivity index (χ2n) is 8.39. The van der Waals surface area contributed by atoms with E-state index >= 15 is 0 Å². The molecule has 4 nitrogen and oxygen atoms in total. The highest BCUT2D eigenvalue weighted by molar-refractivity contribution is 5.74. The van der Waals surface area contributed by atoms with E-state index in [-0.39, 0.29) is 17.6 Å². The summed E-state index contributed by atoms with van der Waals surface area (Å²) < 4.78 is 0. The van der Waals surface area contributed by atoms with E-state index in [1.165, 1.54) is 51.4 Å². The van der Waals surface area contributed by atoms with Crippen molar-refractivity contribution < 1.29 is 4.79 Å². The summed E-state index contributed by atoms with van der Waals surface area (Å²) >= 11 is 0. The van der Waals surface area contributed by atoms with Gasteiger partial charge in [0.05, 0.1) is 0 Å². The van der Waals surface area contributed by atoms with Gasteiger partial charge in [-0.1, -0.05) is 6.42 Å². The average molecular weight is 291 g/mol. The molecular weight excluding hydrogens is 262 g/mol. The summed E-state index contributed by atoms with van der Waals surface area (Å²) in [5, 5.41) is 6.47. The molecule has 2 unspecified atom stereocenters. The summed E-state index contributed by atoms with van der Waals surface area (Å²) in [5.74, 6) is 3.10. The second-order valence-corrected chi connectivity index (χ2v) is 8.39. The van der Waals surface area contributed by atoms with Gasteiger partial charge in [-0.25, -0.2) is 4.79 Å². The lowest BCUT2D eigenvalue weighted by Gasteiger charge is -2.56. The van der Waals surface area contributed by atoms with Crippen LogP contribution in [0.15, 0.2) is 0 Å². The first-order valence-electron chi connectivity index (χ1n) is 8.93. The molecule has 0 spiro atoms. The molecule has 0 aromatic rings. The van der Waals surface area contributed by atoms with Gasteiger partial charge in [-0.05, 0) is 75.0 Å². The van der Waals surface area contributed by atoms with E-state index < -0.39 is 0 Å². The van der Waals surface area contributed by atoms with E-state index in [1.54, 1.807) is 0 Å². The van der Waals surface area contributed by atoms with E-state index in [9.17, 15) is 4.79 Å². The van der Waals surface area contributed by atoms with Crippen LogP contribution < -0.4 is 16.4 Å². The Bertz CT molecular complexity index is 387. The lowest BCUT2D eigenvalue weighted by Crippen LogP contribution is -2.61. The van der Waals surface area contributed by atoms with Gasteiger partial charge in [0.1, 0.15) is 0 Å². The fourth-order valence-corrected chi connectivity index (χ4v) is 6.09. The third kappa shape index (κ3) is 2.67. The fourth-order valence-electron chi connectivity index (χ4n) is 6.09. The van der Waals surface area contributed by atoms with Crippen molar-refractivity contribution in [3.63, 3.8) is 0 Å². The van der Waals surface area contributed by atoms with E-state index in [0.29, 0.717) is 5.92 Å². The van der Waals surface area contributed by atoms with Crippen LogP contribution in [0.5, 0.6) is 0 Å². The van der Waals surface area contributed by atoms with E-state index in [1.807, 2.05) is 0 Å². The maximum Gasteiger partial charge on any atom is 0.315 e. The largest absolute Gasteiger partial charge is 0.338 e. The molecule has 5 saturated carbocycles. The summed E-state index contributed by atoms with van der Waals surface area (Å²) in [6, 6.07) is 0.334. The molecule has 5 aliphatic rings. The molecule has 5 rings (SSSR count). The smallest absolute Gasteiger partial charge is 0.315 e. The van der Waals surface area contributed by atoms with Crippen LogP contribution in [0.1, 0.15) is 57.8 Å². The van der Waals surface area contributed by atoms with Crippen LogP contribution >= 0.6 is 0 Å². The summed E-state index contributed by atoms with van der Waals surface area (Å²) in [6.45, 7) is 0.749. The number of carbonyl (C=O) groups is 1. The molecular formula is C17H29N3O. The molecule has 21 heavy (non-hydrogen) atoms. The minimum atomic E-state index is 0.0519. The Kier molecular flexibility index (Phi) is 3.40. The summed E-state index contributed by atoms with van der Waals surface area (Å²) in [4.78, 5) is 12.3. The molecule has 2 amide bonds. The van der Waals surface area contributed by atoms with Gasteiger partial charge in [0, 0.05) is 18.1 Å². The number of amides is 2. The Hall–Kier alpha value is -0.770. The quantitative estimate of drug-likeness (QED) is 0.747. The first kappa shape index (κ1) is 13.9. The maximum atomic E-state index is 12.3. The van der Waals surface area contributed by atoms with Crippen molar-refractivity contribution in [2.45, 2.75) is 69.4 Å². The number of hydrogen-bond acceptors (Lipinski definition) is 2. The summed E-state index contributed by atoms with van der Waals surface area (Å²) in [7, 11) is 0. The number of nitrogens with two attached hydrogens (primary N) is 1. The molecule has 4 heteroatoms. The lowest BCUT2D eigenvalue weighted by molar-refractivity contribution is -0.0135. The second kappa shape index (κ2) is 5.15. The van der Waals surface area contributed by atoms with Crippen LogP contribution in [-0.2, 0) is 0 Å². The number of rotatable bonds is 3. The average Bonchev–Trinajstić information content (AvgIpc) is 2.79. The zero-order valence-corrected chi connectivity index (χ0v) is 12.9. The van der Waals surface area contributed by atoms with Crippen LogP contribution in [0.4, 0.5) is 4.79 Å². The summed E-state index contributed by atoms with van der Waals surface area (Å²) in [5.41, 5.74) is 6.20. The van der Waals surface area contributed by atoms with Gasteiger partial charge in [-0.2, -0.15) is 0 Å². The molecule has 0 aliphatic heterocycles. The Morgan fingerprint density at radius 1 is 1.05 bits per heavy atom. The third-order valence-electron chi connectivity index (χ3n) is 6.66. The van der Waals surface area contributed by atoms with Crippen LogP contribution in [0.2, 0.25) is 0 Å². The first-order valence-corrected chi connectivity index (χ1v) is 8.93. The Balaban J connectivity index is 1.32. The predicted octanol–water partition coefficient (Wildman–Crippen LogP) is 2.38. The zero-order chi connectivity index (χ0) is 14.4. The standard InChI is InChI=1S/C17H29N3O/c18-15-3-1-2-14(15)10-19-16(21)20-17-7-11-4-12(8-17)6-13(5-11)9-17/h11-15H,1-10,18H2,(H2,19,20,21). The zero-order valence-electron chi connectivity index (χ0n) is 12.9. The normalized spacial score (nSPS) is 47.6.